The molecule has 122 valence electrons. The van der Waals surface area contributed by atoms with Crippen molar-refractivity contribution in [3.05, 3.63) is 70.5 Å². The summed E-state index contributed by atoms with van der Waals surface area (Å²) in [6, 6.07) is 12.5. The third-order valence-corrected chi connectivity index (χ3v) is 4.57. The summed E-state index contributed by atoms with van der Waals surface area (Å²) in [6.45, 7) is 3.60. The molecule has 0 spiro atoms. The van der Waals surface area contributed by atoms with Crippen LogP contribution in [0.25, 0.3) is 10.8 Å². The van der Waals surface area contributed by atoms with Crippen molar-refractivity contribution in [2.75, 3.05) is 0 Å². The highest BCUT2D eigenvalue weighted by Gasteiger charge is 2.28. The molecule has 0 bridgehead atoms. The Kier molecular flexibility index (Phi) is 4.28. The van der Waals surface area contributed by atoms with Crippen molar-refractivity contribution in [1.29, 1.82) is 0 Å². The number of phenolic OH excluding ortho intramolecular Hbond substituents is 1. The van der Waals surface area contributed by atoms with Crippen LogP contribution in [0.2, 0.25) is 0 Å². The fourth-order valence-corrected chi connectivity index (χ4v) is 3.15. The Bertz CT molecular complexity index is 907. The number of fused-ring (bicyclic) bond motifs is 1. The van der Waals surface area contributed by atoms with Crippen LogP contribution in [0.5, 0.6) is 5.75 Å². The van der Waals surface area contributed by atoms with Crippen molar-refractivity contribution in [2.45, 2.75) is 19.4 Å². The van der Waals surface area contributed by atoms with E-state index < -0.39 is 11.6 Å². The molecule has 0 amide bonds. The zero-order valence-electron chi connectivity index (χ0n) is 13.3. The van der Waals surface area contributed by atoms with E-state index in [2.05, 4.69) is 20.9 Å². The van der Waals surface area contributed by atoms with Crippen molar-refractivity contribution in [3.8, 4) is 5.75 Å². The van der Waals surface area contributed by atoms with Crippen molar-refractivity contribution in [3.63, 3.8) is 0 Å². The molecule has 4 nitrogen and oxygen atoms in total. The molecule has 3 aromatic rings. The lowest BCUT2D eigenvalue weighted by Crippen LogP contribution is -2.25. The number of ether oxygens (including phenoxy) is 1. The van der Waals surface area contributed by atoms with E-state index in [1.54, 1.807) is 50.5 Å². The van der Waals surface area contributed by atoms with Crippen molar-refractivity contribution < 1.29 is 14.6 Å². The fraction of sp³-hybridized carbons (Fsp3) is 0.158. The van der Waals surface area contributed by atoms with Gasteiger partial charge in [-0.15, -0.1) is 0 Å². The van der Waals surface area contributed by atoms with Gasteiger partial charge in [0.2, 0.25) is 0 Å². The third-order valence-electron chi connectivity index (χ3n) is 3.91. The SMILES string of the molecule is CC(C)(OC(=O)c1cc(Br)c2ccccc2c1O)c1ccncc1. The van der Waals surface area contributed by atoms with Crippen LogP contribution in [0.1, 0.15) is 29.8 Å². The monoisotopic (exact) mass is 385 g/mol. The maximum atomic E-state index is 12.6. The van der Waals surface area contributed by atoms with Gasteiger partial charge in [-0.25, -0.2) is 4.79 Å². The highest BCUT2D eigenvalue weighted by Crippen LogP contribution is 2.36. The highest BCUT2D eigenvalue weighted by molar-refractivity contribution is 9.10. The van der Waals surface area contributed by atoms with Gasteiger partial charge >= 0.3 is 5.97 Å². The van der Waals surface area contributed by atoms with Crippen LogP contribution in [-0.4, -0.2) is 16.1 Å². The molecular formula is C19H16BrNO3. The lowest BCUT2D eigenvalue weighted by atomic mass is 9.99. The predicted molar refractivity (Wildman–Crippen MR) is 96.0 cm³/mol. The molecule has 1 aromatic heterocycles. The smallest absolute Gasteiger partial charge is 0.342 e. The van der Waals surface area contributed by atoms with Crippen LogP contribution >= 0.6 is 15.9 Å². The standard InChI is InChI=1S/C19H16BrNO3/c1-19(2,12-7-9-21-10-8-12)24-18(23)15-11-16(20)13-5-3-4-6-14(13)17(15)22/h3-11,22H,1-2H3. The molecule has 0 radical (unpaired) electrons. The minimum Gasteiger partial charge on any atom is -0.506 e. The van der Waals surface area contributed by atoms with Crippen LogP contribution in [0, 0.1) is 0 Å². The molecule has 0 fully saturated rings. The Morgan fingerprint density at radius 1 is 1.12 bits per heavy atom. The lowest BCUT2D eigenvalue weighted by molar-refractivity contribution is -0.00340. The zero-order valence-corrected chi connectivity index (χ0v) is 14.9. The van der Waals surface area contributed by atoms with E-state index in [1.165, 1.54) is 0 Å². The Labute approximate surface area is 148 Å². The van der Waals surface area contributed by atoms with Gasteiger partial charge in [0.25, 0.3) is 0 Å². The molecule has 0 saturated carbocycles. The maximum absolute atomic E-state index is 12.6. The number of hydrogen-bond donors (Lipinski definition) is 1. The molecule has 0 aliphatic heterocycles. The Balaban J connectivity index is 1.99. The molecule has 0 aliphatic carbocycles. The van der Waals surface area contributed by atoms with E-state index in [4.69, 9.17) is 4.74 Å². The largest absolute Gasteiger partial charge is 0.506 e. The number of carbonyl (C=O) groups excluding carboxylic acids is 1. The van der Waals surface area contributed by atoms with E-state index >= 15 is 0 Å². The predicted octanol–water partition coefficient (Wildman–Crippen LogP) is 4.80. The van der Waals surface area contributed by atoms with E-state index in [0.717, 1.165) is 15.4 Å². The summed E-state index contributed by atoms with van der Waals surface area (Å²) in [5, 5.41) is 11.9. The number of nitrogens with zero attached hydrogens (tertiary/aromatic N) is 1. The van der Waals surface area contributed by atoms with Gasteiger partial charge in [-0.2, -0.15) is 0 Å². The molecule has 1 heterocycles. The summed E-state index contributed by atoms with van der Waals surface area (Å²) in [5.74, 6) is -0.662. The van der Waals surface area contributed by atoms with E-state index in [0.29, 0.717) is 5.39 Å². The molecule has 24 heavy (non-hydrogen) atoms. The van der Waals surface area contributed by atoms with Crippen LogP contribution in [0.3, 0.4) is 0 Å². The second-order valence-corrected chi connectivity index (χ2v) is 6.79. The Morgan fingerprint density at radius 2 is 1.75 bits per heavy atom. The number of aromatic hydroxyl groups is 1. The Hall–Kier alpha value is -2.40. The summed E-state index contributed by atoms with van der Waals surface area (Å²) < 4.78 is 6.37. The molecular weight excluding hydrogens is 370 g/mol. The first-order valence-corrected chi connectivity index (χ1v) is 8.23. The van der Waals surface area contributed by atoms with E-state index in [1.807, 2.05) is 18.2 Å². The van der Waals surface area contributed by atoms with Crippen molar-refractivity contribution in [2.24, 2.45) is 0 Å². The molecule has 3 rings (SSSR count). The van der Waals surface area contributed by atoms with Gasteiger partial charge in [0.1, 0.15) is 16.9 Å². The number of carbonyl (C=O) groups is 1. The number of halogens is 1. The van der Waals surface area contributed by atoms with Gasteiger partial charge in [0, 0.05) is 22.3 Å². The van der Waals surface area contributed by atoms with Gasteiger partial charge < -0.3 is 9.84 Å². The number of rotatable bonds is 3. The van der Waals surface area contributed by atoms with Gasteiger partial charge in [0.05, 0.1) is 0 Å². The maximum Gasteiger partial charge on any atom is 0.342 e. The van der Waals surface area contributed by atoms with Crippen molar-refractivity contribution in [1.82, 2.24) is 4.98 Å². The molecule has 5 heteroatoms. The number of esters is 1. The van der Waals surface area contributed by atoms with Gasteiger partial charge in [-0.3, -0.25) is 4.98 Å². The normalized spacial score (nSPS) is 11.5. The van der Waals surface area contributed by atoms with Crippen LogP contribution in [0.15, 0.2) is 59.3 Å². The minimum absolute atomic E-state index is 0.0793. The second kappa shape index (κ2) is 6.24. The number of benzene rings is 2. The van der Waals surface area contributed by atoms with Crippen LogP contribution in [-0.2, 0) is 10.3 Å². The summed E-state index contributed by atoms with van der Waals surface area (Å²) in [4.78, 5) is 16.6. The molecule has 0 aliphatic rings. The van der Waals surface area contributed by atoms with Gasteiger partial charge in [-0.1, -0.05) is 40.2 Å². The molecule has 0 saturated heterocycles. The quantitative estimate of drug-likeness (QED) is 0.658. The summed E-state index contributed by atoms with van der Waals surface area (Å²) in [5.41, 5.74) is 0.109. The molecule has 0 unspecified atom stereocenters. The van der Waals surface area contributed by atoms with Crippen LogP contribution in [0.4, 0.5) is 0 Å². The molecule has 0 atom stereocenters. The summed E-state index contributed by atoms with van der Waals surface area (Å²) in [7, 11) is 0. The fourth-order valence-electron chi connectivity index (χ4n) is 2.57. The molecule has 2 aromatic carbocycles. The number of aromatic nitrogens is 1. The third kappa shape index (κ3) is 2.99. The topological polar surface area (TPSA) is 59.4 Å². The average molecular weight is 386 g/mol. The number of hydrogen-bond acceptors (Lipinski definition) is 4. The average Bonchev–Trinajstić information content (AvgIpc) is 2.58. The van der Waals surface area contributed by atoms with E-state index in [-0.39, 0.29) is 11.3 Å². The van der Waals surface area contributed by atoms with Gasteiger partial charge in [-0.05, 0) is 43.0 Å². The highest BCUT2D eigenvalue weighted by atomic mass is 79.9. The first kappa shape index (κ1) is 16.5. The molecule has 1 N–H and O–H groups in total. The zero-order chi connectivity index (χ0) is 17.3. The summed E-state index contributed by atoms with van der Waals surface area (Å²) in [6.07, 6.45) is 3.30. The number of phenols is 1. The first-order chi connectivity index (χ1) is 11.4. The lowest BCUT2D eigenvalue weighted by Gasteiger charge is -2.25. The van der Waals surface area contributed by atoms with Crippen LogP contribution < -0.4 is 0 Å². The van der Waals surface area contributed by atoms with Gasteiger partial charge in [0.15, 0.2) is 0 Å². The van der Waals surface area contributed by atoms with Crippen molar-refractivity contribution >= 4 is 32.7 Å². The Morgan fingerprint density at radius 3 is 2.42 bits per heavy atom. The number of pyridine rings is 1. The summed E-state index contributed by atoms with van der Waals surface area (Å²) >= 11 is 3.45. The second-order valence-electron chi connectivity index (χ2n) is 5.94. The first-order valence-electron chi connectivity index (χ1n) is 7.44. The van der Waals surface area contributed by atoms with E-state index in [9.17, 15) is 9.90 Å². The minimum atomic E-state index is -0.843.